The van der Waals surface area contributed by atoms with E-state index in [0.717, 1.165) is 30.3 Å². The number of rotatable bonds is 7. The molecule has 2 heterocycles. The van der Waals surface area contributed by atoms with Crippen LogP contribution in [0.2, 0.25) is 0 Å². The quantitative estimate of drug-likeness (QED) is 0.610. The molecule has 0 saturated carbocycles. The second kappa shape index (κ2) is 9.99. The van der Waals surface area contributed by atoms with Gasteiger partial charge in [-0.3, -0.25) is 9.69 Å². The minimum Gasteiger partial charge on any atom is -0.336 e. The third-order valence-corrected chi connectivity index (χ3v) is 8.68. The molecule has 0 unspecified atom stereocenters. The third-order valence-electron chi connectivity index (χ3n) is 5.78. The van der Waals surface area contributed by atoms with Crippen molar-refractivity contribution in [2.75, 3.05) is 39.3 Å². The molecule has 0 spiro atoms. The molecule has 32 heavy (non-hydrogen) atoms. The van der Waals surface area contributed by atoms with Crippen molar-refractivity contribution in [1.82, 2.24) is 19.1 Å². The zero-order valence-corrected chi connectivity index (χ0v) is 21.3. The molecular formula is C23H34N4O3S2. The summed E-state index contributed by atoms with van der Waals surface area (Å²) in [6.45, 7) is 14.7. The largest absolute Gasteiger partial charge is 0.336 e. The van der Waals surface area contributed by atoms with Gasteiger partial charge in [0.25, 0.3) is 5.91 Å². The molecule has 0 N–H and O–H groups in total. The first-order valence-corrected chi connectivity index (χ1v) is 13.4. The molecule has 1 amide bonds. The van der Waals surface area contributed by atoms with Crippen molar-refractivity contribution in [2.45, 2.75) is 51.5 Å². The van der Waals surface area contributed by atoms with Crippen molar-refractivity contribution in [2.24, 2.45) is 0 Å². The molecule has 0 aliphatic carbocycles. The SMILES string of the molecule is CCN(CC)S(=O)(=O)c1ccc(C(=O)N2CCN(Cc3nc(C(C)(C)C)cs3)CC2)cc1. The minimum atomic E-state index is -3.52. The molecule has 1 aromatic carbocycles. The Morgan fingerprint density at radius 2 is 1.66 bits per heavy atom. The summed E-state index contributed by atoms with van der Waals surface area (Å²) < 4.78 is 26.7. The highest BCUT2D eigenvalue weighted by Crippen LogP contribution is 2.25. The van der Waals surface area contributed by atoms with E-state index in [1.807, 2.05) is 18.7 Å². The minimum absolute atomic E-state index is 0.0549. The van der Waals surface area contributed by atoms with Crippen LogP contribution in [0.3, 0.4) is 0 Å². The van der Waals surface area contributed by atoms with E-state index in [0.29, 0.717) is 31.7 Å². The zero-order valence-electron chi connectivity index (χ0n) is 19.7. The number of carbonyl (C=O) groups excluding carboxylic acids is 1. The van der Waals surface area contributed by atoms with Gasteiger partial charge in [-0.05, 0) is 24.3 Å². The Balaban J connectivity index is 1.58. The van der Waals surface area contributed by atoms with Gasteiger partial charge in [-0.25, -0.2) is 13.4 Å². The third kappa shape index (κ3) is 5.57. The van der Waals surface area contributed by atoms with Gasteiger partial charge in [-0.1, -0.05) is 34.6 Å². The van der Waals surface area contributed by atoms with Crippen LogP contribution in [0.25, 0.3) is 0 Å². The van der Waals surface area contributed by atoms with E-state index in [1.54, 1.807) is 23.5 Å². The van der Waals surface area contributed by atoms with Gasteiger partial charge in [-0.2, -0.15) is 4.31 Å². The van der Waals surface area contributed by atoms with Crippen molar-refractivity contribution in [3.8, 4) is 0 Å². The maximum atomic E-state index is 12.9. The lowest BCUT2D eigenvalue weighted by Gasteiger charge is -2.34. The highest BCUT2D eigenvalue weighted by Gasteiger charge is 2.25. The van der Waals surface area contributed by atoms with Gasteiger partial charge in [0.1, 0.15) is 5.01 Å². The molecule has 176 valence electrons. The fourth-order valence-electron chi connectivity index (χ4n) is 3.69. The highest BCUT2D eigenvalue weighted by molar-refractivity contribution is 7.89. The number of carbonyl (C=O) groups is 1. The maximum absolute atomic E-state index is 12.9. The number of hydrogen-bond acceptors (Lipinski definition) is 6. The molecule has 7 nitrogen and oxygen atoms in total. The molecule has 1 aromatic heterocycles. The zero-order chi connectivity index (χ0) is 23.5. The number of benzene rings is 1. The first kappa shape index (κ1) is 24.8. The number of aromatic nitrogens is 1. The molecular weight excluding hydrogens is 444 g/mol. The molecule has 1 aliphatic rings. The van der Waals surface area contributed by atoms with Crippen molar-refractivity contribution >= 4 is 27.3 Å². The average molecular weight is 479 g/mol. The van der Waals surface area contributed by atoms with Gasteiger partial charge in [0, 0.05) is 55.6 Å². The van der Waals surface area contributed by atoms with Crippen LogP contribution in [-0.4, -0.2) is 72.7 Å². The van der Waals surface area contributed by atoms with E-state index in [9.17, 15) is 13.2 Å². The van der Waals surface area contributed by atoms with E-state index in [4.69, 9.17) is 4.98 Å². The molecule has 0 radical (unpaired) electrons. The van der Waals surface area contributed by atoms with Gasteiger partial charge in [0.15, 0.2) is 0 Å². The summed E-state index contributed by atoms with van der Waals surface area (Å²) in [5.41, 5.74) is 1.70. The van der Waals surface area contributed by atoms with Crippen LogP contribution >= 0.6 is 11.3 Å². The summed E-state index contributed by atoms with van der Waals surface area (Å²) in [4.78, 5) is 22.1. The molecule has 1 aliphatic heterocycles. The molecule has 2 aromatic rings. The first-order valence-electron chi connectivity index (χ1n) is 11.1. The van der Waals surface area contributed by atoms with Crippen LogP contribution in [0.5, 0.6) is 0 Å². The number of amides is 1. The summed E-state index contributed by atoms with van der Waals surface area (Å²) in [6, 6.07) is 6.31. The number of nitrogens with zero attached hydrogens (tertiary/aromatic N) is 4. The second-order valence-electron chi connectivity index (χ2n) is 9.06. The number of thiazole rings is 1. The van der Waals surface area contributed by atoms with Crippen LogP contribution in [0.1, 0.15) is 55.7 Å². The molecule has 9 heteroatoms. The topological polar surface area (TPSA) is 73.8 Å². The van der Waals surface area contributed by atoms with Crippen molar-refractivity contribution in [3.63, 3.8) is 0 Å². The Labute approximate surface area is 196 Å². The van der Waals surface area contributed by atoms with Crippen LogP contribution in [0, 0.1) is 0 Å². The molecule has 1 fully saturated rings. The van der Waals surface area contributed by atoms with E-state index in [2.05, 4.69) is 31.1 Å². The summed E-state index contributed by atoms with van der Waals surface area (Å²) in [5, 5.41) is 3.25. The first-order chi connectivity index (χ1) is 15.1. The maximum Gasteiger partial charge on any atom is 0.253 e. The van der Waals surface area contributed by atoms with Crippen LogP contribution in [0.4, 0.5) is 0 Å². The fourth-order valence-corrected chi connectivity index (χ4v) is 6.21. The fraction of sp³-hybridized carbons (Fsp3) is 0.565. The van der Waals surface area contributed by atoms with Gasteiger partial charge >= 0.3 is 0 Å². The summed E-state index contributed by atoms with van der Waals surface area (Å²) in [7, 11) is -3.52. The summed E-state index contributed by atoms with van der Waals surface area (Å²) in [6.07, 6.45) is 0. The Kier molecular flexibility index (Phi) is 7.75. The average Bonchev–Trinajstić information content (AvgIpc) is 3.24. The van der Waals surface area contributed by atoms with Crippen LogP contribution in [-0.2, 0) is 22.0 Å². The predicted octanol–water partition coefficient (Wildman–Crippen LogP) is 3.43. The molecule has 0 atom stereocenters. The van der Waals surface area contributed by atoms with Crippen molar-refractivity contribution in [3.05, 3.63) is 45.9 Å². The molecule has 3 rings (SSSR count). The molecule has 0 bridgehead atoms. The Morgan fingerprint density at radius 3 is 2.16 bits per heavy atom. The summed E-state index contributed by atoms with van der Waals surface area (Å²) >= 11 is 1.70. The standard InChI is InChI=1S/C23H34N4O3S2/c1-6-27(7-2)32(29,30)19-10-8-18(9-11-19)22(28)26-14-12-25(13-15-26)16-21-24-20(17-31-21)23(3,4)5/h8-11,17H,6-7,12-16H2,1-5H3. The highest BCUT2D eigenvalue weighted by atomic mass is 32.2. The number of hydrogen-bond donors (Lipinski definition) is 0. The van der Waals surface area contributed by atoms with Gasteiger partial charge < -0.3 is 4.90 Å². The van der Waals surface area contributed by atoms with E-state index < -0.39 is 10.0 Å². The van der Waals surface area contributed by atoms with E-state index >= 15 is 0 Å². The predicted molar refractivity (Wildman–Crippen MR) is 129 cm³/mol. The van der Waals surface area contributed by atoms with Crippen LogP contribution in [0.15, 0.2) is 34.5 Å². The monoisotopic (exact) mass is 478 g/mol. The van der Waals surface area contributed by atoms with Crippen molar-refractivity contribution in [1.29, 1.82) is 0 Å². The van der Waals surface area contributed by atoms with E-state index in [-0.39, 0.29) is 16.2 Å². The smallest absolute Gasteiger partial charge is 0.253 e. The summed E-state index contributed by atoms with van der Waals surface area (Å²) in [5.74, 6) is -0.0549. The number of sulfonamides is 1. The van der Waals surface area contributed by atoms with Gasteiger partial charge in [0.2, 0.25) is 10.0 Å². The lowest BCUT2D eigenvalue weighted by atomic mass is 9.93. The Morgan fingerprint density at radius 1 is 1.06 bits per heavy atom. The van der Waals surface area contributed by atoms with Crippen molar-refractivity contribution < 1.29 is 13.2 Å². The normalized spacial score (nSPS) is 16.0. The van der Waals surface area contributed by atoms with Crippen LogP contribution < -0.4 is 0 Å². The number of piperazine rings is 1. The Hall–Kier alpha value is -1.81. The lowest BCUT2D eigenvalue weighted by Crippen LogP contribution is -2.48. The second-order valence-corrected chi connectivity index (χ2v) is 11.9. The van der Waals surface area contributed by atoms with Gasteiger partial charge in [0.05, 0.1) is 17.1 Å². The Bertz CT molecular complexity index is 1010. The van der Waals surface area contributed by atoms with Gasteiger partial charge in [-0.15, -0.1) is 11.3 Å². The molecule has 1 saturated heterocycles. The van der Waals surface area contributed by atoms with E-state index in [1.165, 1.54) is 16.4 Å². The lowest BCUT2D eigenvalue weighted by molar-refractivity contribution is 0.0628.